The average molecular weight is 366 g/mol. The molecule has 1 aliphatic rings. The number of carbonyl (C=O) groups is 2. The summed E-state index contributed by atoms with van der Waals surface area (Å²) in [7, 11) is 1.65. The predicted octanol–water partition coefficient (Wildman–Crippen LogP) is 4.34. The van der Waals surface area contributed by atoms with E-state index in [9.17, 15) is 9.59 Å². The normalized spacial score (nSPS) is 12.8. The van der Waals surface area contributed by atoms with Crippen LogP contribution in [-0.4, -0.2) is 25.7 Å². The number of anilines is 2. The number of ether oxygens (including phenoxy) is 1. The van der Waals surface area contributed by atoms with Crippen LogP contribution >= 0.6 is 0 Å². The maximum atomic E-state index is 12.4. The molecule has 0 saturated heterocycles. The Morgan fingerprint density at radius 2 is 1.74 bits per heavy atom. The Labute approximate surface area is 160 Å². The van der Waals surface area contributed by atoms with Crippen molar-refractivity contribution in [3.05, 3.63) is 59.2 Å². The molecule has 2 aromatic rings. The van der Waals surface area contributed by atoms with Crippen molar-refractivity contribution in [1.29, 1.82) is 0 Å². The van der Waals surface area contributed by atoms with Gasteiger partial charge in [-0.25, -0.2) is 4.79 Å². The van der Waals surface area contributed by atoms with Gasteiger partial charge in [-0.05, 0) is 73.6 Å². The Balaban J connectivity index is 1.58. The molecule has 5 nitrogen and oxygen atoms in total. The third-order valence-corrected chi connectivity index (χ3v) is 4.86. The molecule has 1 aliphatic carbocycles. The Bertz CT molecular complexity index is 815. The average Bonchev–Trinajstić information content (AvgIpc) is 2.68. The van der Waals surface area contributed by atoms with Crippen molar-refractivity contribution < 1.29 is 14.3 Å². The molecule has 0 radical (unpaired) electrons. The highest BCUT2D eigenvalue weighted by atomic mass is 16.6. The van der Waals surface area contributed by atoms with Gasteiger partial charge in [0.25, 0.3) is 0 Å². The molecule has 1 N–H and O–H groups in total. The number of fused-ring (bicyclic) bond motifs is 1. The molecule has 5 heteroatoms. The van der Waals surface area contributed by atoms with E-state index < -0.39 is 6.09 Å². The van der Waals surface area contributed by atoms with E-state index in [1.165, 1.54) is 28.9 Å². The Morgan fingerprint density at radius 1 is 1.04 bits per heavy atom. The van der Waals surface area contributed by atoms with Gasteiger partial charge in [-0.15, -0.1) is 0 Å². The van der Waals surface area contributed by atoms with Crippen LogP contribution in [-0.2, 0) is 28.8 Å². The van der Waals surface area contributed by atoms with E-state index in [0.717, 1.165) is 18.4 Å². The topological polar surface area (TPSA) is 58.6 Å². The molecule has 0 fully saturated rings. The van der Waals surface area contributed by atoms with Crippen LogP contribution in [0.2, 0.25) is 0 Å². The zero-order valence-electron chi connectivity index (χ0n) is 16.0. The van der Waals surface area contributed by atoms with Crippen LogP contribution in [0.25, 0.3) is 0 Å². The zero-order chi connectivity index (χ0) is 19.2. The molecular formula is C22H26N2O3. The lowest BCUT2D eigenvalue weighted by Crippen LogP contribution is -2.26. The quantitative estimate of drug-likeness (QED) is 0.856. The molecule has 2 amide bonds. The summed E-state index contributed by atoms with van der Waals surface area (Å²) >= 11 is 0. The van der Waals surface area contributed by atoms with Crippen molar-refractivity contribution in [3.63, 3.8) is 0 Å². The van der Waals surface area contributed by atoms with Crippen molar-refractivity contribution in [3.8, 4) is 0 Å². The van der Waals surface area contributed by atoms with Gasteiger partial charge in [0.05, 0.1) is 13.0 Å². The van der Waals surface area contributed by atoms with Crippen LogP contribution in [0, 0.1) is 0 Å². The summed E-state index contributed by atoms with van der Waals surface area (Å²) in [5, 5.41) is 2.92. The third kappa shape index (κ3) is 4.88. The van der Waals surface area contributed by atoms with Crippen LogP contribution < -0.4 is 10.2 Å². The first-order valence-electron chi connectivity index (χ1n) is 9.48. The monoisotopic (exact) mass is 366 g/mol. The van der Waals surface area contributed by atoms with Gasteiger partial charge in [0, 0.05) is 18.4 Å². The maximum absolute atomic E-state index is 12.4. The molecule has 3 rings (SSSR count). The van der Waals surface area contributed by atoms with Gasteiger partial charge in [-0.1, -0.05) is 18.2 Å². The van der Waals surface area contributed by atoms with E-state index in [-0.39, 0.29) is 5.91 Å². The fourth-order valence-electron chi connectivity index (χ4n) is 3.38. The summed E-state index contributed by atoms with van der Waals surface area (Å²) in [6.07, 6.45) is 4.71. The molecule has 142 valence electrons. The molecule has 0 aromatic heterocycles. The van der Waals surface area contributed by atoms with Crippen molar-refractivity contribution in [2.45, 2.75) is 39.0 Å². The van der Waals surface area contributed by atoms with Crippen LogP contribution in [0.1, 0.15) is 36.5 Å². The fraction of sp³-hybridized carbons (Fsp3) is 0.364. The summed E-state index contributed by atoms with van der Waals surface area (Å²) in [5.74, 6) is -0.0442. The van der Waals surface area contributed by atoms with Gasteiger partial charge in [0.1, 0.15) is 0 Å². The van der Waals surface area contributed by atoms with E-state index in [2.05, 4.69) is 23.5 Å². The highest BCUT2D eigenvalue weighted by molar-refractivity contribution is 5.93. The summed E-state index contributed by atoms with van der Waals surface area (Å²) in [6.45, 7) is 2.10. The molecule has 27 heavy (non-hydrogen) atoms. The standard InChI is InChI=1S/C22H26N2O3/c1-3-27-22(26)24(2)20-12-10-19(11-13-20)23-21(25)15-16-8-9-17-6-4-5-7-18(17)14-16/h8-14H,3-7,15H2,1-2H3,(H,23,25). The summed E-state index contributed by atoms with van der Waals surface area (Å²) in [5.41, 5.74) is 5.27. The second kappa shape index (κ2) is 8.71. The minimum absolute atomic E-state index is 0.0442. The predicted molar refractivity (Wildman–Crippen MR) is 107 cm³/mol. The lowest BCUT2D eigenvalue weighted by molar-refractivity contribution is -0.115. The molecule has 0 saturated carbocycles. The highest BCUT2D eigenvalue weighted by Crippen LogP contribution is 2.23. The molecule has 0 atom stereocenters. The van der Waals surface area contributed by atoms with Crippen molar-refractivity contribution in [2.75, 3.05) is 23.9 Å². The van der Waals surface area contributed by atoms with E-state index >= 15 is 0 Å². The number of hydrogen-bond donors (Lipinski definition) is 1. The molecule has 0 spiro atoms. The number of nitrogens with zero attached hydrogens (tertiary/aromatic N) is 1. The van der Waals surface area contributed by atoms with E-state index in [0.29, 0.717) is 24.4 Å². The molecular weight excluding hydrogens is 340 g/mol. The summed E-state index contributed by atoms with van der Waals surface area (Å²) in [4.78, 5) is 25.5. The smallest absolute Gasteiger partial charge is 0.413 e. The van der Waals surface area contributed by atoms with Crippen molar-refractivity contribution in [1.82, 2.24) is 0 Å². The van der Waals surface area contributed by atoms with Gasteiger partial charge in [-0.2, -0.15) is 0 Å². The number of carbonyl (C=O) groups excluding carboxylic acids is 2. The highest BCUT2D eigenvalue weighted by Gasteiger charge is 2.13. The molecule has 2 aromatic carbocycles. The second-order valence-electron chi connectivity index (χ2n) is 6.84. The van der Waals surface area contributed by atoms with Crippen LogP contribution in [0.15, 0.2) is 42.5 Å². The first-order valence-corrected chi connectivity index (χ1v) is 9.48. The largest absolute Gasteiger partial charge is 0.449 e. The Hall–Kier alpha value is -2.82. The van der Waals surface area contributed by atoms with E-state index in [1.807, 2.05) is 0 Å². The summed E-state index contributed by atoms with van der Waals surface area (Å²) < 4.78 is 4.98. The molecule has 0 heterocycles. The van der Waals surface area contributed by atoms with Crippen LogP contribution in [0.4, 0.5) is 16.2 Å². The van der Waals surface area contributed by atoms with Gasteiger partial charge in [0.15, 0.2) is 0 Å². The van der Waals surface area contributed by atoms with E-state index in [1.54, 1.807) is 38.2 Å². The fourth-order valence-corrected chi connectivity index (χ4v) is 3.38. The van der Waals surface area contributed by atoms with Crippen LogP contribution in [0.3, 0.4) is 0 Å². The number of hydrogen-bond acceptors (Lipinski definition) is 3. The van der Waals surface area contributed by atoms with E-state index in [4.69, 9.17) is 4.74 Å². The third-order valence-electron chi connectivity index (χ3n) is 4.86. The number of rotatable bonds is 5. The van der Waals surface area contributed by atoms with Crippen molar-refractivity contribution >= 4 is 23.4 Å². The zero-order valence-corrected chi connectivity index (χ0v) is 16.0. The first-order chi connectivity index (χ1) is 13.1. The number of aryl methyl sites for hydroxylation is 2. The Morgan fingerprint density at radius 3 is 2.44 bits per heavy atom. The molecule has 0 bridgehead atoms. The minimum Gasteiger partial charge on any atom is -0.449 e. The van der Waals surface area contributed by atoms with Gasteiger partial charge in [-0.3, -0.25) is 9.69 Å². The van der Waals surface area contributed by atoms with Crippen LogP contribution in [0.5, 0.6) is 0 Å². The molecule has 0 unspecified atom stereocenters. The molecule has 0 aliphatic heterocycles. The first kappa shape index (κ1) is 19.0. The maximum Gasteiger partial charge on any atom is 0.413 e. The van der Waals surface area contributed by atoms with Gasteiger partial charge in [0.2, 0.25) is 5.91 Å². The number of amides is 2. The lowest BCUT2D eigenvalue weighted by Gasteiger charge is -2.17. The van der Waals surface area contributed by atoms with Crippen molar-refractivity contribution in [2.24, 2.45) is 0 Å². The lowest BCUT2D eigenvalue weighted by atomic mass is 9.90. The minimum atomic E-state index is -0.401. The summed E-state index contributed by atoms with van der Waals surface area (Å²) in [6, 6.07) is 13.5. The van der Waals surface area contributed by atoms with Gasteiger partial charge >= 0.3 is 6.09 Å². The van der Waals surface area contributed by atoms with Gasteiger partial charge < -0.3 is 10.1 Å². The number of nitrogens with one attached hydrogen (secondary N) is 1. The Kier molecular flexibility index (Phi) is 6.12. The SMILES string of the molecule is CCOC(=O)N(C)c1ccc(NC(=O)Cc2ccc3c(c2)CCCC3)cc1. The second-order valence-corrected chi connectivity index (χ2v) is 6.84. The number of benzene rings is 2.